The predicted molar refractivity (Wildman–Crippen MR) is 115 cm³/mol. The third-order valence-electron chi connectivity index (χ3n) is 4.78. The van der Waals surface area contributed by atoms with Crippen molar-refractivity contribution in [1.29, 1.82) is 0 Å². The van der Waals surface area contributed by atoms with Crippen molar-refractivity contribution in [2.24, 2.45) is 0 Å². The van der Waals surface area contributed by atoms with E-state index in [9.17, 15) is 9.18 Å². The molecule has 1 atom stereocenters. The average Bonchev–Trinajstić information content (AvgIpc) is 2.71. The van der Waals surface area contributed by atoms with Crippen LogP contribution >= 0.6 is 0 Å². The third kappa shape index (κ3) is 5.40. The normalized spacial score (nSPS) is 12.0. The average molecular weight is 395 g/mol. The number of nitrogens with zero attached hydrogens (tertiary/aromatic N) is 2. The summed E-state index contributed by atoms with van der Waals surface area (Å²) in [6.45, 7) is 6.74. The topological polar surface area (TPSA) is 78.9 Å². The first-order valence-corrected chi connectivity index (χ1v) is 9.78. The van der Waals surface area contributed by atoms with Crippen LogP contribution < -0.4 is 16.0 Å². The van der Waals surface area contributed by atoms with Gasteiger partial charge in [-0.2, -0.15) is 0 Å². The number of amides is 2. The summed E-state index contributed by atoms with van der Waals surface area (Å²) in [6, 6.07) is 11.9. The number of urea groups is 1. The van der Waals surface area contributed by atoms with E-state index in [2.05, 4.69) is 39.8 Å². The molecule has 0 spiro atoms. The summed E-state index contributed by atoms with van der Waals surface area (Å²) in [6.07, 6.45) is 2.14. The van der Waals surface area contributed by atoms with Crippen LogP contribution in [0.25, 0.3) is 10.9 Å². The maximum absolute atomic E-state index is 13.4. The molecule has 2 aromatic carbocycles. The molecule has 0 bridgehead atoms. The fourth-order valence-corrected chi connectivity index (χ4v) is 2.99. The van der Waals surface area contributed by atoms with Crippen LogP contribution in [0.4, 0.5) is 20.7 Å². The second-order valence-corrected chi connectivity index (χ2v) is 7.24. The minimum absolute atomic E-state index is 0.101. The summed E-state index contributed by atoms with van der Waals surface area (Å²) in [5, 5.41) is 9.79. The number of hydrogen-bond donors (Lipinski definition) is 3. The van der Waals surface area contributed by atoms with Gasteiger partial charge in [-0.15, -0.1) is 0 Å². The van der Waals surface area contributed by atoms with E-state index in [0.717, 1.165) is 17.5 Å². The molecule has 152 valence electrons. The van der Waals surface area contributed by atoms with Crippen molar-refractivity contribution in [2.45, 2.75) is 39.2 Å². The van der Waals surface area contributed by atoms with Gasteiger partial charge in [-0.3, -0.25) is 0 Å². The van der Waals surface area contributed by atoms with E-state index in [1.165, 1.54) is 24.0 Å². The lowest BCUT2D eigenvalue weighted by Crippen LogP contribution is -2.41. The molecule has 0 fully saturated rings. The van der Waals surface area contributed by atoms with Crippen LogP contribution in [0.3, 0.4) is 0 Å². The summed E-state index contributed by atoms with van der Waals surface area (Å²) >= 11 is 0. The van der Waals surface area contributed by atoms with E-state index >= 15 is 0 Å². The standard InChI is InChI=1S/C22H26FN5O/c1-4-17(27-22(29)28-18-8-5-15(6-9-18)14(2)3)12-24-21-19-10-7-16(23)11-20(19)25-13-26-21/h5-11,13-14,17H,4,12H2,1-3H3,(H,24,25,26)(H2,27,28,29). The number of hydrogen-bond acceptors (Lipinski definition) is 4. The number of halogens is 1. The molecule has 1 heterocycles. The Morgan fingerprint density at radius 2 is 1.86 bits per heavy atom. The van der Waals surface area contributed by atoms with E-state index in [4.69, 9.17) is 0 Å². The van der Waals surface area contributed by atoms with Crippen LogP contribution in [0.15, 0.2) is 48.8 Å². The summed E-state index contributed by atoms with van der Waals surface area (Å²) in [4.78, 5) is 20.7. The van der Waals surface area contributed by atoms with Crippen LogP contribution in [-0.2, 0) is 0 Å². The Labute approximate surface area is 170 Å². The molecular formula is C22H26FN5O. The van der Waals surface area contributed by atoms with Crippen molar-refractivity contribution in [2.75, 3.05) is 17.2 Å². The number of carbonyl (C=O) groups is 1. The molecule has 3 N–H and O–H groups in total. The van der Waals surface area contributed by atoms with Crippen molar-refractivity contribution in [3.05, 3.63) is 60.2 Å². The van der Waals surface area contributed by atoms with Gasteiger partial charge in [-0.1, -0.05) is 32.9 Å². The molecule has 1 unspecified atom stereocenters. The predicted octanol–water partition coefficient (Wildman–Crippen LogP) is 4.90. The SMILES string of the molecule is CCC(CNc1ncnc2cc(F)ccc12)NC(=O)Nc1ccc(C(C)C)cc1. The number of rotatable bonds is 7. The smallest absolute Gasteiger partial charge is 0.319 e. The zero-order valence-electron chi connectivity index (χ0n) is 16.9. The first-order chi connectivity index (χ1) is 14.0. The zero-order chi connectivity index (χ0) is 20.8. The number of aromatic nitrogens is 2. The molecular weight excluding hydrogens is 369 g/mol. The Morgan fingerprint density at radius 1 is 1.10 bits per heavy atom. The van der Waals surface area contributed by atoms with E-state index < -0.39 is 0 Å². The maximum atomic E-state index is 13.4. The van der Waals surface area contributed by atoms with Crippen LogP contribution in [0.5, 0.6) is 0 Å². The van der Waals surface area contributed by atoms with Crippen LogP contribution in [0.1, 0.15) is 38.7 Å². The Balaban J connectivity index is 1.58. The van der Waals surface area contributed by atoms with Crippen LogP contribution in [0, 0.1) is 5.82 Å². The van der Waals surface area contributed by atoms with Gasteiger partial charge in [0.05, 0.1) is 5.52 Å². The lowest BCUT2D eigenvalue weighted by atomic mass is 10.0. The highest BCUT2D eigenvalue weighted by atomic mass is 19.1. The van der Waals surface area contributed by atoms with Crippen LogP contribution in [-0.4, -0.2) is 28.6 Å². The fourth-order valence-electron chi connectivity index (χ4n) is 2.99. The first kappa shape index (κ1) is 20.5. The minimum Gasteiger partial charge on any atom is -0.367 e. The Morgan fingerprint density at radius 3 is 2.55 bits per heavy atom. The van der Waals surface area contributed by atoms with Gasteiger partial charge in [-0.25, -0.2) is 19.2 Å². The van der Waals surface area contributed by atoms with Gasteiger partial charge >= 0.3 is 6.03 Å². The summed E-state index contributed by atoms with van der Waals surface area (Å²) in [5.41, 5.74) is 2.51. The Kier molecular flexibility index (Phi) is 6.59. The highest BCUT2D eigenvalue weighted by Gasteiger charge is 2.12. The molecule has 0 aliphatic rings. The molecule has 29 heavy (non-hydrogen) atoms. The maximum Gasteiger partial charge on any atom is 0.319 e. The van der Waals surface area contributed by atoms with Gasteiger partial charge < -0.3 is 16.0 Å². The Bertz CT molecular complexity index is 975. The van der Waals surface area contributed by atoms with Crippen molar-refractivity contribution in [3.8, 4) is 0 Å². The number of carbonyl (C=O) groups excluding carboxylic acids is 1. The molecule has 7 heteroatoms. The zero-order valence-corrected chi connectivity index (χ0v) is 16.9. The van der Waals surface area contributed by atoms with E-state index in [-0.39, 0.29) is 17.9 Å². The largest absolute Gasteiger partial charge is 0.367 e. The van der Waals surface area contributed by atoms with Gasteiger partial charge in [0.2, 0.25) is 0 Å². The number of anilines is 2. The van der Waals surface area contributed by atoms with Gasteiger partial charge in [0.1, 0.15) is 18.0 Å². The fraction of sp³-hybridized carbons (Fsp3) is 0.318. The van der Waals surface area contributed by atoms with Crippen molar-refractivity contribution in [3.63, 3.8) is 0 Å². The molecule has 2 amide bonds. The second kappa shape index (κ2) is 9.32. The molecule has 6 nitrogen and oxygen atoms in total. The molecule has 0 saturated carbocycles. The quantitative estimate of drug-likeness (QED) is 0.531. The summed E-state index contributed by atoms with van der Waals surface area (Å²) in [5.74, 6) is 0.719. The number of benzene rings is 2. The van der Waals surface area contributed by atoms with Crippen LogP contribution in [0.2, 0.25) is 0 Å². The highest BCUT2D eigenvalue weighted by Crippen LogP contribution is 2.20. The highest BCUT2D eigenvalue weighted by molar-refractivity contribution is 5.90. The van der Waals surface area contributed by atoms with Gasteiger partial charge in [0.25, 0.3) is 0 Å². The van der Waals surface area contributed by atoms with E-state index in [1.807, 2.05) is 31.2 Å². The monoisotopic (exact) mass is 395 g/mol. The third-order valence-corrected chi connectivity index (χ3v) is 4.78. The second-order valence-electron chi connectivity index (χ2n) is 7.24. The van der Waals surface area contributed by atoms with Gasteiger partial charge in [0.15, 0.2) is 0 Å². The first-order valence-electron chi connectivity index (χ1n) is 9.78. The molecule has 0 radical (unpaired) electrons. The molecule has 0 saturated heterocycles. The number of nitrogens with one attached hydrogen (secondary N) is 3. The molecule has 0 aliphatic heterocycles. The summed E-state index contributed by atoms with van der Waals surface area (Å²) < 4.78 is 13.4. The van der Waals surface area contributed by atoms with Crippen molar-refractivity contribution in [1.82, 2.24) is 15.3 Å². The lowest BCUT2D eigenvalue weighted by molar-refractivity contribution is 0.248. The van der Waals surface area contributed by atoms with E-state index in [1.54, 1.807) is 6.07 Å². The van der Waals surface area contributed by atoms with Crippen molar-refractivity contribution < 1.29 is 9.18 Å². The van der Waals surface area contributed by atoms with Gasteiger partial charge in [0, 0.05) is 29.7 Å². The molecule has 3 aromatic rings. The van der Waals surface area contributed by atoms with Gasteiger partial charge in [-0.05, 0) is 42.2 Å². The molecule has 3 rings (SSSR count). The summed E-state index contributed by atoms with van der Waals surface area (Å²) in [7, 11) is 0. The molecule has 1 aromatic heterocycles. The Hall–Kier alpha value is -3.22. The lowest BCUT2D eigenvalue weighted by Gasteiger charge is -2.19. The number of fused-ring (bicyclic) bond motifs is 1. The van der Waals surface area contributed by atoms with Crippen molar-refractivity contribution >= 4 is 28.4 Å². The molecule has 0 aliphatic carbocycles. The minimum atomic E-state index is -0.339. The van der Waals surface area contributed by atoms with E-state index in [0.29, 0.717) is 23.8 Å².